The molecule has 8 nitrogen and oxygen atoms in total. The highest BCUT2D eigenvalue weighted by Crippen LogP contribution is 2.34. The lowest BCUT2D eigenvalue weighted by atomic mass is 10.1. The molecule has 0 aromatic heterocycles. The zero-order valence-corrected chi connectivity index (χ0v) is 16.6. The number of nitrogens with zero attached hydrogens (tertiary/aromatic N) is 1. The SMILES string of the molecule is Cc1ccc(S(=O)(=O)O[C@@H]2CN(C(=O)OC(C)(C)C)[C@H]3[C@@H]2OC[C@@H]3O)cc1. The molecular formula is C18H25NO7S. The summed E-state index contributed by atoms with van der Waals surface area (Å²) in [6, 6.07) is 5.57. The number of aliphatic hydroxyl groups excluding tert-OH is 1. The second kappa shape index (κ2) is 7.05. The third-order valence-electron chi connectivity index (χ3n) is 4.48. The molecule has 0 saturated carbocycles. The highest BCUT2D eigenvalue weighted by atomic mass is 32.2. The van der Waals surface area contributed by atoms with Gasteiger partial charge in [-0.25, -0.2) is 4.79 Å². The van der Waals surface area contributed by atoms with Gasteiger partial charge in [0.2, 0.25) is 0 Å². The molecular weight excluding hydrogens is 374 g/mol. The Morgan fingerprint density at radius 2 is 1.89 bits per heavy atom. The summed E-state index contributed by atoms with van der Waals surface area (Å²) in [5.41, 5.74) is 0.206. The molecule has 150 valence electrons. The minimum absolute atomic E-state index is 0.000922. The Morgan fingerprint density at radius 1 is 1.26 bits per heavy atom. The molecule has 4 atom stereocenters. The van der Waals surface area contributed by atoms with Crippen LogP contribution in [0.1, 0.15) is 26.3 Å². The van der Waals surface area contributed by atoms with E-state index in [1.165, 1.54) is 17.0 Å². The van der Waals surface area contributed by atoms with Crippen LogP contribution >= 0.6 is 0 Å². The molecule has 2 aliphatic heterocycles. The van der Waals surface area contributed by atoms with Crippen molar-refractivity contribution in [2.45, 2.75) is 62.5 Å². The van der Waals surface area contributed by atoms with Crippen LogP contribution < -0.4 is 0 Å². The van der Waals surface area contributed by atoms with Gasteiger partial charge in [0.25, 0.3) is 10.1 Å². The molecule has 27 heavy (non-hydrogen) atoms. The monoisotopic (exact) mass is 399 g/mol. The fraction of sp³-hybridized carbons (Fsp3) is 0.611. The Morgan fingerprint density at radius 3 is 2.48 bits per heavy atom. The molecule has 1 N–H and O–H groups in total. The third-order valence-corrected chi connectivity index (χ3v) is 5.83. The van der Waals surface area contributed by atoms with Crippen LogP contribution in [0.15, 0.2) is 29.2 Å². The Bertz CT molecular complexity index is 800. The van der Waals surface area contributed by atoms with Crippen LogP contribution in [0.25, 0.3) is 0 Å². The van der Waals surface area contributed by atoms with Crippen molar-refractivity contribution >= 4 is 16.2 Å². The smallest absolute Gasteiger partial charge is 0.410 e. The highest BCUT2D eigenvalue weighted by molar-refractivity contribution is 7.86. The number of hydrogen-bond donors (Lipinski definition) is 1. The van der Waals surface area contributed by atoms with Crippen molar-refractivity contribution in [3.63, 3.8) is 0 Å². The molecule has 2 fully saturated rings. The normalized spacial score (nSPS) is 28.3. The minimum Gasteiger partial charge on any atom is -0.444 e. The number of likely N-dealkylation sites (tertiary alicyclic amines) is 1. The molecule has 0 spiro atoms. The number of ether oxygens (including phenoxy) is 2. The van der Waals surface area contributed by atoms with E-state index in [1.807, 2.05) is 6.92 Å². The van der Waals surface area contributed by atoms with Crippen LogP contribution in [-0.4, -0.2) is 67.6 Å². The van der Waals surface area contributed by atoms with Crippen LogP contribution in [0.5, 0.6) is 0 Å². The quantitative estimate of drug-likeness (QED) is 0.768. The minimum atomic E-state index is -4.04. The van der Waals surface area contributed by atoms with Crippen molar-refractivity contribution in [3.8, 4) is 0 Å². The van der Waals surface area contributed by atoms with Crippen molar-refractivity contribution in [2.75, 3.05) is 13.2 Å². The predicted molar refractivity (Wildman–Crippen MR) is 95.7 cm³/mol. The van der Waals surface area contributed by atoms with E-state index in [0.29, 0.717) is 0 Å². The lowest BCUT2D eigenvalue weighted by molar-refractivity contribution is 0.00833. The van der Waals surface area contributed by atoms with E-state index in [4.69, 9.17) is 13.7 Å². The number of hydrogen-bond acceptors (Lipinski definition) is 7. The number of aryl methyl sites for hydroxylation is 1. The summed E-state index contributed by atoms with van der Waals surface area (Å²) in [6.07, 6.45) is -3.24. The molecule has 2 saturated heterocycles. The molecule has 2 heterocycles. The topological polar surface area (TPSA) is 102 Å². The number of carbonyl (C=O) groups is 1. The summed E-state index contributed by atoms with van der Waals surface area (Å²) >= 11 is 0. The number of carbonyl (C=O) groups excluding carboxylic acids is 1. The zero-order chi connectivity index (χ0) is 20.0. The fourth-order valence-electron chi connectivity index (χ4n) is 3.28. The molecule has 0 bridgehead atoms. The first-order chi connectivity index (χ1) is 12.5. The first-order valence-corrected chi connectivity index (χ1v) is 10.2. The summed E-state index contributed by atoms with van der Waals surface area (Å²) in [6.45, 7) is 7.00. The van der Waals surface area contributed by atoms with E-state index in [0.717, 1.165) is 5.56 Å². The van der Waals surface area contributed by atoms with Gasteiger partial charge < -0.3 is 14.6 Å². The van der Waals surface area contributed by atoms with Gasteiger partial charge in [-0.15, -0.1) is 0 Å². The maximum absolute atomic E-state index is 12.6. The van der Waals surface area contributed by atoms with Gasteiger partial charge in [-0.05, 0) is 39.8 Å². The van der Waals surface area contributed by atoms with Gasteiger partial charge in [0, 0.05) is 0 Å². The van der Waals surface area contributed by atoms with Gasteiger partial charge in [-0.2, -0.15) is 8.42 Å². The Hall–Kier alpha value is -1.68. The fourth-order valence-corrected chi connectivity index (χ4v) is 4.36. The van der Waals surface area contributed by atoms with Crippen molar-refractivity contribution in [2.24, 2.45) is 0 Å². The molecule has 0 unspecified atom stereocenters. The van der Waals surface area contributed by atoms with Crippen LogP contribution in [0.4, 0.5) is 4.79 Å². The lowest BCUT2D eigenvalue weighted by Gasteiger charge is -2.28. The molecule has 9 heteroatoms. The number of benzene rings is 1. The molecule has 0 radical (unpaired) electrons. The Balaban J connectivity index is 1.80. The largest absolute Gasteiger partial charge is 0.444 e. The number of aliphatic hydroxyl groups is 1. The standard InChI is InChI=1S/C18H25NO7S/c1-11-5-7-12(8-6-11)27(22,23)26-14-9-19(17(21)25-18(2,3)4)15-13(20)10-24-16(14)15/h5-8,13-16,20H,9-10H2,1-4H3/t13-,14+,15+,16+/m0/s1. The van der Waals surface area contributed by atoms with Crippen LogP contribution in [0.2, 0.25) is 0 Å². The third kappa shape index (κ3) is 4.26. The van der Waals surface area contributed by atoms with Crippen molar-refractivity contribution in [1.29, 1.82) is 0 Å². The maximum Gasteiger partial charge on any atom is 0.410 e. The van der Waals surface area contributed by atoms with Crippen molar-refractivity contribution in [3.05, 3.63) is 29.8 Å². The van der Waals surface area contributed by atoms with E-state index in [1.54, 1.807) is 32.9 Å². The second-order valence-corrected chi connectivity index (χ2v) is 9.46. The van der Waals surface area contributed by atoms with E-state index >= 15 is 0 Å². The Kier molecular flexibility index (Phi) is 5.24. The van der Waals surface area contributed by atoms with Gasteiger partial charge >= 0.3 is 6.09 Å². The second-order valence-electron chi connectivity index (χ2n) is 7.89. The van der Waals surface area contributed by atoms with Gasteiger partial charge in [0.1, 0.15) is 23.9 Å². The van der Waals surface area contributed by atoms with Crippen molar-refractivity contribution < 1.29 is 32.0 Å². The molecule has 1 aromatic carbocycles. The zero-order valence-electron chi connectivity index (χ0n) is 15.8. The summed E-state index contributed by atoms with van der Waals surface area (Å²) in [5.74, 6) is 0. The van der Waals surface area contributed by atoms with Crippen LogP contribution in [0.3, 0.4) is 0 Å². The van der Waals surface area contributed by atoms with Crippen LogP contribution in [0, 0.1) is 6.92 Å². The average molecular weight is 399 g/mol. The number of fused-ring (bicyclic) bond motifs is 1. The molecule has 2 aliphatic rings. The van der Waals surface area contributed by atoms with Gasteiger partial charge in [0.15, 0.2) is 0 Å². The maximum atomic E-state index is 12.6. The van der Waals surface area contributed by atoms with E-state index < -0.39 is 46.2 Å². The number of amides is 1. The first-order valence-electron chi connectivity index (χ1n) is 8.77. The summed E-state index contributed by atoms with van der Waals surface area (Å²) in [7, 11) is -4.04. The van der Waals surface area contributed by atoms with E-state index in [2.05, 4.69) is 0 Å². The van der Waals surface area contributed by atoms with E-state index in [-0.39, 0.29) is 18.0 Å². The summed E-state index contributed by atoms with van der Waals surface area (Å²) in [4.78, 5) is 13.8. The van der Waals surface area contributed by atoms with Gasteiger partial charge in [-0.1, -0.05) is 17.7 Å². The Labute approximate surface area is 159 Å². The van der Waals surface area contributed by atoms with Gasteiger partial charge in [-0.3, -0.25) is 9.08 Å². The average Bonchev–Trinajstić information content (AvgIpc) is 3.08. The molecule has 0 aliphatic carbocycles. The van der Waals surface area contributed by atoms with E-state index in [9.17, 15) is 18.3 Å². The molecule has 3 rings (SSSR count). The molecule has 1 amide bonds. The summed E-state index contributed by atoms with van der Waals surface area (Å²) < 4.78 is 41.5. The highest BCUT2D eigenvalue weighted by Gasteiger charge is 2.55. The molecule has 1 aromatic rings. The number of rotatable bonds is 3. The first kappa shape index (κ1) is 20.1. The predicted octanol–water partition coefficient (Wildman–Crippen LogP) is 1.45. The lowest BCUT2D eigenvalue weighted by Crippen LogP contribution is -2.46. The van der Waals surface area contributed by atoms with Gasteiger partial charge in [0.05, 0.1) is 24.1 Å². The van der Waals surface area contributed by atoms with Crippen molar-refractivity contribution in [1.82, 2.24) is 4.90 Å². The van der Waals surface area contributed by atoms with Crippen LogP contribution in [-0.2, 0) is 23.8 Å². The summed E-state index contributed by atoms with van der Waals surface area (Å²) in [5, 5.41) is 10.2.